The van der Waals surface area contributed by atoms with Gasteiger partial charge in [0.05, 0.1) is 10.9 Å². The van der Waals surface area contributed by atoms with Crippen LogP contribution in [0.5, 0.6) is 0 Å². The predicted molar refractivity (Wildman–Crippen MR) is 142 cm³/mol. The summed E-state index contributed by atoms with van der Waals surface area (Å²) in [5, 5.41) is 12.3. The van der Waals surface area contributed by atoms with Crippen molar-refractivity contribution in [2.45, 2.75) is 116 Å². The van der Waals surface area contributed by atoms with Gasteiger partial charge >= 0.3 is 0 Å². The van der Waals surface area contributed by atoms with E-state index in [1.165, 1.54) is 12.8 Å². The fourth-order valence-corrected chi connectivity index (χ4v) is 7.81. The van der Waals surface area contributed by atoms with Gasteiger partial charge in [0.25, 0.3) is 0 Å². The normalized spacial score (nSPS) is 25.5. The second-order valence-corrected chi connectivity index (χ2v) is 12.6. The summed E-state index contributed by atoms with van der Waals surface area (Å²) in [6.07, 6.45) is 9.95. The van der Waals surface area contributed by atoms with Crippen LogP contribution in [0.25, 0.3) is 0 Å². The van der Waals surface area contributed by atoms with E-state index in [2.05, 4.69) is 45.8 Å². The minimum Gasteiger partial charge on any atom is -0.348 e. The standard InChI is InChI=1S/C28H41N5O2S/c1-17(2)27-31-30-19(4)33(27)23-15-21-9-10-22(16-23)32(21)14-13-24(26-12-11-25(36-26)18(3)34)29-28(35)20-7-5-6-8-20/h11-12,17,20-24H,5-10,13-16H2,1-4H3,(H,29,35)/t21-,22+,23?,24-/m0/s1. The average Bonchev–Trinajstić information content (AvgIpc) is 3.63. The lowest BCUT2D eigenvalue weighted by molar-refractivity contribution is -0.125. The molecular weight excluding hydrogens is 470 g/mol. The van der Waals surface area contributed by atoms with Crippen molar-refractivity contribution in [2.24, 2.45) is 5.92 Å². The number of amides is 1. The molecule has 0 spiro atoms. The molecule has 4 atom stereocenters. The number of rotatable bonds is 9. The third kappa shape index (κ3) is 5.17. The van der Waals surface area contributed by atoms with Gasteiger partial charge in [-0.05, 0) is 70.9 Å². The second kappa shape index (κ2) is 10.7. The molecule has 1 unspecified atom stereocenters. The minimum atomic E-state index is -0.0269. The summed E-state index contributed by atoms with van der Waals surface area (Å²) in [5.74, 6) is 2.95. The Morgan fingerprint density at radius 3 is 2.36 bits per heavy atom. The maximum atomic E-state index is 13.1. The van der Waals surface area contributed by atoms with Gasteiger partial charge in [-0.25, -0.2) is 0 Å². The van der Waals surface area contributed by atoms with Crippen molar-refractivity contribution in [2.75, 3.05) is 6.54 Å². The molecule has 3 aliphatic rings. The topological polar surface area (TPSA) is 80.1 Å². The number of hydrogen-bond donors (Lipinski definition) is 1. The summed E-state index contributed by atoms with van der Waals surface area (Å²) in [4.78, 5) is 29.6. The van der Waals surface area contributed by atoms with E-state index >= 15 is 0 Å². The number of carbonyl (C=O) groups is 2. The SMILES string of the molecule is CC(=O)c1ccc([C@H](CCN2[C@@H]3CC[C@H]2CC(n2c(C)nnc2C(C)C)C3)NC(=O)C2CCCC2)s1. The maximum Gasteiger partial charge on any atom is 0.223 e. The highest BCUT2D eigenvalue weighted by atomic mass is 32.1. The van der Waals surface area contributed by atoms with Gasteiger partial charge in [-0.2, -0.15) is 0 Å². The van der Waals surface area contributed by atoms with E-state index < -0.39 is 0 Å². The van der Waals surface area contributed by atoms with Crippen LogP contribution in [0, 0.1) is 12.8 Å². The molecule has 1 aliphatic carbocycles. The summed E-state index contributed by atoms with van der Waals surface area (Å²) >= 11 is 1.54. The van der Waals surface area contributed by atoms with Gasteiger partial charge in [0.15, 0.2) is 5.78 Å². The fourth-order valence-electron chi connectivity index (χ4n) is 6.82. The first-order valence-electron chi connectivity index (χ1n) is 13.9. The van der Waals surface area contributed by atoms with Crippen LogP contribution in [-0.4, -0.2) is 50.0 Å². The number of Topliss-reactive ketones (excluding diaryl/α,β-unsaturated/α-hetero) is 1. The molecule has 2 bridgehead atoms. The smallest absolute Gasteiger partial charge is 0.223 e. The number of ketones is 1. The average molecular weight is 512 g/mol. The molecule has 196 valence electrons. The van der Waals surface area contributed by atoms with E-state index in [0.717, 1.165) is 72.9 Å². The highest BCUT2D eigenvalue weighted by Gasteiger charge is 2.42. The van der Waals surface area contributed by atoms with E-state index in [1.54, 1.807) is 18.3 Å². The summed E-state index contributed by atoms with van der Waals surface area (Å²) in [6.45, 7) is 9.08. The van der Waals surface area contributed by atoms with Crippen LogP contribution in [0.3, 0.4) is 0 Å². The number of hydrogen-bond acceptors (Lipinski definition) is 6. The zero-order valence-corrected chi connectivity index (χ0v) is 23.0. The summed E-state index contributed by atoms with van der Waals surface area (Å²) in [5.41, 5.74) is 0. The van der Waals surface area contributed by atoms with Gasteiger partial charge in [0.1, 0.15) is 11.6 Å². The van der Waals surface area contributed by atoms with Crippen molar-refractivity contribution in [1.29, 1.82) is 0 Å². The number of aromatic nitrogens is 3. The minimum absolute atomic E-state index is 0.0269. The molecule has 2 aromatic rings. The number of piperidine rings is 1. The Bertz CT molecular complexity index is 1070. The van der Waals surface area contributed by atoms with Crippen LogP contribution in [0.2, 0.25) is 0 Å². The summed E-state index contributed by atoms with van der Waals surface area (Å²) in [7, 11) is 0. The zero-order chi connectivity index (χ0) is 25.4. The highest BCUT2D eigenvalue weighted by Crippen LogP contribution is 2.42. The molecule has 2 aliphatic heterocycles. The third-order valence-corrected chi connectivity index (χ3v) is 9.97. The zero-order valence-electron chi connectivity index (χ0n) is 22.2. The largest absolute Gasteiger partial charge is 0.348 e. The number of fused-ring (bicyclic) bond motifs is 2. The van der Waals surface area contributed by atoms with E-state index in [0.29, 0.717) is 24.0 Å². The molecule has 5 rings (SSSR count). The van der Waals surface area contributed by atoms with Gasteiger partial charge in [0.2, 0.25) is 5.91 Å². The Kier molecular flexibility index (Phi) is 7.63. The van der Waals surface area contributed by atoms with E-state index in [9.17, 15) is 9.59 Å². The molecular formula is C28H41N5O2S. The lowest BCUT2D eigenvalue weighted by atomic mass is 9.95. The number of aryl methyl sites for hydroxylation is 1. The lowest BCUT2D eigenvalue weighted by Crippen LogP contribution is -2.45. The molecule has 0 radical (unpaired) electrons. The van der Waals surface area contributed by atoms with Crippen molar-refractivity contribution in [3.05, 3.63) is 33.5 Å². The molecule has 1 saturated carbocycles. The van der Waals surface area contributed by atoms with Gasteiger partial charge in [-0.15, -0.1) is 21.5 Å². The third-order valence-electron chi connectivity index (χ3n) is 8.67. The molecule has 2 aromatic heterocycles. The summed E-state index contributed by atoms with van der Waals surface area (Å²) < 4.78 is 2.41. The van der Waals surface area contributed by atoms with Crippen LogP contribution in [0.1, 0.15) is 123 Å². The van der Waals surface area contributed by atoms with Crippen molar-refractivity contribution in [3.63, 3.8) is 0 Å². The molecule has 4 heterocycles. The molecule has 36 heavy (non-hydrogen) atoms. The monoisotopic (exact) mass is 511 g/mol. The quantitative estimate of drug-likeness (QED) is 0.445. The molecule has 1 amide bonds. The van der Waals surface area contributed by atoms with Gasteiger partial charge in [-0.1, -0.05) is 26.7 Å². The molecule has 1 N–H and O–H groups in total. The number of nitrogens with one attached hydrogen (secondary N) is 1. The molecule has 3 fully saturated rings. The molecule has 0 aromatic carbocycles. The molecule has 7 nitrogen and oxygen atoms in total. The Morgan fingerprint density at radius 2 is 1.75 bits per heavy atom. The lowest BCUT2D eigenvalue weighted by Gasteiger charge is -2.40. The first kappa shape index (κ1) is 25.6. The summed E-state index contributed by atoms with van der Waals surface area (Å²) in [6, 6.07) is 5.54. The van der Waals surface area contributed by atoms with Crippen LogP contribution in [0.15, 0.2) is 12.1 Å². The second-order valence-electron chi connectivity index (χ2n) is 11.5. The number of thiophene rings is 1. The van der Waals surface area contributed by atoms with Crippen LogP contribution < -0.4 is 5.32 Å². The van der Waals surface area contributed by atoms with E-state index in [-0.39, 0.29) is 23.7 Å². The van der Waals surface area contributed by atoms with Crippen LogP contribution >= 0.6 is 11.3 Å². The first-order valence-corrected chi connectivity index (χ1v) is 14.7. The Balaban J connectivity index is 1.28. The fraction of sp³-hybridized carbons (Fsp3) is 0.714. The predicted octanol–water partition coefficient (Wildman–Crippen LogP) is 5.58. The van der Waals surface area contributed by atoms with Crippen molar-refractivity contribution >= 4 is 23.0 Å². The van der Waals surface area contributed by atoms with Gasteiger partial charge in [-0.3, -0.25) is 14.5 Å². The molecule has 2 saturated heterocycles. The van der Waals surface area contributed by atoms with Crippen molar-refractivity contribution < 1.29 is 9.59 Å². The number of nitrogens with zero attached hydrogens (tertiary/aromatic N) is 4. The Labute approximate surface area is 219 Å². The van der Waals surface area contributed by atoms with E-state index in [4.69, 9.17) is 0 Å². The van der Waals surface area contributed by atoms with Crippen molar-refractivity contribution in [1.82, 2.24) is 25.0 Å². The first-order chi connectivity index (χ1) is 17.3. The van der Waals surface area contributed by atoms with Gasteiger partial charge in [0, 0.05) is 41.4 Å². The number of carbonyl (C=O) groups excluding carboxylic acids is 2. The van der Waals surface area contributed by atoms with Crippen molar-refractivity contribution in [3.8, 4) is 0 Å². The Morgan fingerprint density at radius 1 is 1.06 bits per heavy atom. The highest BCUT2D eigenvalue weighted by molar-refractivity contribution is 7.14. The van der Waals surface area contributed by atoms with Gasteiger partial charge < -0.3 is 9.88 Å². The maximum absolute atomic E-state index is 13.1. The van der Waals surface area contributed by atoms with Crippen LogP contribution in [0.4, 0.5) is 0 Å². The molecule has 8 heteroatoms. The Hall–Kier alpha value is -2.06. The van der Waals surface area contributed by atoms with E-state index in [1.807, 2.05) is 12.1 Å². The van der Waals surface area contributed by atoms with Crippen LogP contribution in [-0.2, 0) is 4.79 Å².